The molecule has 28 heavy (non-hydrogen) atoms. The third kappa shape index (κ3) is 5.15. The summed E-state index contributed by atoms with van der Waals surface area (Å²) in [5, 5.41) is 33.7. The van der Waals surface area contributed by atoms with Crippen molar-refractivity contribution in [3.63, 3.8) is 0 Å². The summed E-state index contributed by atoms with van der Waals surface area (Å²) in [6, 6.07) is -0.158. The predicted molar refractivity (Wildman–Crippen MR) is 110 cm³/mol. The summed E-state index contributed by atoms with van der Waals surface area (Å²) < 4.78 is 11.3. The summed E-state index contributed by atoms with van der Waals surface area (Å²) in [6.07, 6.45) is 3.57. The first kappa shape index (κ1) is 23.8. The van der Waals surface area contributed by atoms with Crippen LogP contribution in [0.5, 0.6) is 0 Å². The van der Waals surface area contributed by atoms with E-state index in [-0.39, 0.29) is 12.1 Å². The van der Waals surface area contributed by atoms with E-state index in [4.69, 9.17) is 9.47 Å². The van der Waals surface area contributed by atoms with Crippen LogP contribution >= 0.6 is 0 Å². The summed E-state index contributed by atoms with van der Waals surface area (Å²) in [5.74, 6) is -0.535. The molecule has 0 unspecified atom stereocenters. The molecule has 2 aliphatic rings. The molecule has 1 saturated heterocycles. The van der Waals surface area contributed by atoms with Gasteiger partial charge in [-0.3, -0.25) is 4.90 Å². The molecule has 0 aromatic carbocycles. The van der Waals surface area contributed by atoms with E-state index >= 15 is 0 Å². The minimum absolute atomic E-state index is 0.158. The van der Waals surface area contributed by atoms with Gasteiger partial charge in [0.2, 0.25) is 0 Å². The third-order valence-electron chi connectivity index (χ3n) is 6.44. The van der Waals surface area contributed by atoms with E-state index in [9.17, 15) is 15.3 Å². The SMILES string of the molecule is CO[C@@H]1[C@H](O)CC[C@]2(O)CN(CCCOC(C)C)[C@@H](CC=C(C)C)[C@](C)(O)[C@@H]12. The Labute approximate surface area is 170 Å². The first-order valence-electron chi connectivity index (χ1n) is 10.7. The van der Waals surface area contributed by atoms with Gasteiger partial charge in [0, 0.05) is 38.8 Å². The fourth-order valence-corrected chi connectivity index (χ4v) is 5.19. The van der Waals surface area contributed by atoms with Crippen LogP contribution in [-0.4, -0.2) is 82.6 Å². The van der Waals surface area contributed by atoms with Gasteiger partial charge in [0.15, 0.2) is 0 Å². The van der Waals surface area contributed by atoms with E-state index in [1.165, 1.54) is 5.57 Å². The lowest BCUT2D eigenvalue weighted by molar-refractivity contribution is -0.265. The topological polar surface area (TPSA) is 82.4 Å². The summed E-state index contributed by atoms with van der Waals surface area (Å²) in [4.78, 5) is 2.21. The number of aliphatic hydroxyl groups is 3. The number of methoxy groups -OCH3 is 1. The van der Waals surface area contributed by atoms with Gasteiger partial charge in [0.1, 0.15) is 0 Å². The Bertz CT molecular complexity index is 531. The van der Waals surface area contributed by atoms with Gasteiger partial charge in [-0.25, -0.2) is 0 Å². The van der Waals surface area contributed by atoms with Crippen molar-refractivity contribution in [2.75, 3.05) is 26.8 Å². The maximum Gasteiger partial charge on any atom is 0.0914 e. The van der Waals surface area contributed by atoms with Crippen molar-refractivity contribution in [2.45, 2.75) is 95.9 Å². The van der Waals surface area contributed by atoms with Crippen LogP contribution < -0.4 is 0 Å². The van der Waals surface area contributed by atoms with Crippen LogP contribution in [0.2, 0.25) is 0 Å². The van der Waals surface area contributed by atoms with Crippen molar-refractivity contribution < 1.29 is 24.8 Å². The molecule has 2 fully saturated rings. The number of allylic oxidation sites excluding steroid dienone is 1. The first-order valence-corrected chi connectivity index (χ1v) is 10.7. The van der Waals surface area contributed by atoms with Crippen LogP contribution in [-0.2, 0) is 9.47 Å². The highest BCUT2D eigenvalue weighted by molar-refractivity contribution is 5.16. The number of aliphatic hydroxyl groups excluding tert-OH is 1. The molecule has 0 bridgehead atoms. The average Bonchev–Trinajstić information content (AvgIpc) is 2.58. The van der Waals surface area contributed by atoms with E-state index < -0.39 is 29.3 Å². The quantitative estimate of drug-likeness (QED) is 0.428. The molecule has 1 aliphatic carbocycles. The molecule has 6 heteroatoms. The van der Waals surface area contributed by atoms with Crippen LogP contribution in [0, 0.1) is 5.92 Å². The number of β-amino-alcohol motifs (C(OH)–C–C–N with tert-alkyl or cyclic N) is 1. The van der Waals surface area contributed by atoms with Gasteiger partial charge in [-0.2, -0.15) is 0 Å². The maximum absolute atomic E-state index is 11.7. The Morgan fingerprint density at radius 3 is 2.54 bits per heavy atom. The van der Waals surface area contributed by atoms with Crippen molar-refractivity contribution in [3.05, 3.63) is 11.6 Å². The highest BCUT2D eigenvalue weighted by atomic mass is 16.5. The van der Waals surface area contributed by atoms with Crippen LogP contribution in [0.15, 0.2) is 11.6 Å². The zero-order valence-corrected chi connectivity index (χ0v) is 18.5. The predicted octanol–water partition coefficient (Wildman–Crippen LogP) is 2.11. The van der Waals surface area contributed by atoms with Crippen LogP contribution in [0.1, 0.15) is 60.3 Å². The number of nitrogens with zero attached hydrogens (tertiary/aromatic N) is 1. The van der Waals surface area contributed by atoms with Gasteiger partial charge in [-0.15, -0.1) is 0 Å². The minimum Gasteiger partial charge on any atom is -0.390 e. The molecule has 6 nitrogen and oxygen atoms in total. The molecule has 0 amide bonds. The Morgan fingerprint density at radius 2 is 1.96 bits per heavy atom. The molecule has 1 saturated carbocycles. The Balaban J connectivity index is 2.28. The Hall–Kier alpha value is -0.500. The Morgan fingerprint density at radius 1 is 1.29 bits per heavy atom. The van der Waals surface area contributed by atoms with Gasteiger partial charge in [-0.05, 0) is 60.3 Å². The molecular weight excluding hydrogens is 358 g/mol. The second kappa shape index (κ2) is 9.54. The molecule has 164 valence electrons. The largest absolute Gasteiger partial charge is 0.390 e. The monoisotopic (exact) mass is 399 g/mol. The van der Waals surface area contributed by atoms with E-state index in [2.05, 4.69) is 24.8 Å². The van der Waals surface area contributed by atoms with E-state index in [0.717, 1.165) is 13.0 Å². The zero-order chi connectivity index (χ0) is 21.1. The van der Waals surface area contributed by atoms with Gasteiger partial charge >= 0.3 is 0 Å². The smallest absolute Gasteiger partial charge is 0.0914 e. The number of hydrogen-bond donors (Lipinski definition) is 3. The van der Waals surface area contributed by atoms with Crippen molar-refractivity contribution >= 4 is 0 Å². The minimum atomic E-state index is -1.19. The van der Waals surface area contributed by atoms with Gasteiger partial charge in [0.05, 0.1) is 29.5 Å². The second-order valence-corrected chi connectivity index (χ2v) is 9.39. The van der Waals surface area contributed by atoms with Crippen LogP contribution in [0.25, 0.3) is 0 Å². The lowest BCUT2D eigenvalue weighted by Gasteiger charge is -2.61. The number of piperidine rings is 1. The molecular formula is C22H41NO5. The molecule has 1 aliphatic heterocycles. The Kier molecular flexibility index (Phi) is 8.10. The van der Waals surface area contributed by atoms with Crippen molar-refractivity contribution in [1.82, 2.24) is 4.90 Å². The molecule has 0 spiro atoms. The van der Waals surface area contributed by atoms with E-state index in [1.54, 1.807) is 14.0 Å². The number of fused-ring (bicyclic) bond motifs is 1. The third-order valence-corrected chi connectivity index (χ3v) is 6.44. The number of ether oxygens (including phenoxy) is 2. The molecule has 2 rings (SSSR count). The van der Waals surface area contributed by atoms with E-state index in [0.29, 0.717) is 32.4 Å². The normalized spacial score (nSPS) is 39.1. The van der Waals surface area contributed by atoms with Gasteiger partial charge in [-0.1, -0.05) is 11.6 Å². The molecule has 0 radical (unpaired) electrons. The molecule has 6 atom stereocenters. The van der Waals surface area contributed by atoms with E-state index in [1.807, 2.05) is 13.8 Å². The van der Waals surface area contributed by atoms with Crippen LogP contribution in [0.4, 0.5) is 0 Å². The summed E-state index contributed by atoms with van der Waals surface area (Å²) >= 11 is 0. The lowest BCUT2D eigenvalue weighted by Crippen LogP contribution is -2.75. The molecule has 0 aromatic rings. The second-order valence-electron chi connectivity index (χ2n) is 9.39. The molecule has 0 aromatic heterocycles. The summed E-state index contributed by atoms with van der Waals surface area (Å²) in [7, 11) is 1.55. The number of hydrogen-bond acceptors (Lipinski definition) is 6. The fourth-order valence-electron chi connectivity index (χ4n) is 5.19. The highest BCUT2D eigenvalue weighted by Gasteiger charge is 2.62. The van der Waals surface area contributed by atoms with Gasteiger partial charge in [0.25, 0.3) is 0 Å². The standard InChI is InChI=1S/C22H41NO5/c1-15(2)8-9-18-21(5,25)20-19(27-6)17(24)10-11-22(20,26)14-23(18)12-7-13-28-16(3)4/h8,16-20,24-26H,7,9-14H2,1-6H3/t17-,18+,19-,20-,21+,22+/m1/s1. The van der Waals surface area contributed by atoms with Crippen LogP contribution in [0.3, 0.4) is 0 Å². The summed E-state index contributed by atoms with van der Waals surface area (Å²) in [6.45, 7) is 11.8. The molecule has 3 N–H and O–H groups in total. The first-order chi connectivity index (χ1) is 13.0. The zero-order valence-electron chi connectivity index (χ0n) is 18.5. The fraction of sp³-hybridized carbons (Fsp3) is 0.909. The van der Waals surface area contributed by atoms with Crippen molar-refractivity contribution in [3.8, 4) is 0 Å². The van der Waals surface area contributed by atoms with Gasteiger partial charge < -0.3 is 24.8 Å². The van der Waals surface area contributed by atoms with Crippen molar-refractivity contribution in [2.24, 2.45) is 5.92 Å². The number of rotatable bonds is 8. The van der Waals surface area contributed by atoms with Crippen molar-refractivity contribution in [1.29, 1.82) is 0 Å². The summed E-state index contributed by atoms with van der Waals surface area (Å²) in [5.41, 5.74) is -1.07. The lowest BCUT2D eigenvalue weighted by atomic mass is 9.59. The molecule has 1 heterocycles. The highest BCUT2D eigenvalue weighted by Crippen LogP contribution is 2.48. The average molecular weight is 400 g/mol. The number of likely N-dealkylation sites (tertiary alicyclic amines) is 1. The maximum atomic E-state index is 11.7.